The number of aromatic carboxylic acids is 3. The molecule has 0 saturated carbocycles. The van der Waals surface area contributed by atoms with Crippen LogP contribution in [0.5, 0.6) is 0 Å². The van der Waals surface area contributed by atoms with Crippen LogP contribution in [-0.2, 0) is 0 Å². The van der Waals surface area contributed by atoms with E-state index in [1.807, 2.05) is 0 Å². The van der Waals surface area contributed by atoms with Crippen LogP contribution in [0.1, 0.15) is 31.1 Å². The predicted octanol–water partition coefficient (Wildman–Crippen LogP) is 1.14. The summed E-state index contributed by atoms with van der Waals surface area (Å²) in [5.41, 5.74) is -1.53. The van der Waals surface area contributed by atoms with Gasteiger partial charge in [0.1, 0.15) is 5.56 Å². The zero-order valence-electron chi connectivity index (χ0n) is 10.9. The second-order valence-electron chi connectivity index (χ2n) is 4.35. The molecule has 112 valence electrons. The van der Waals surface area contributed by atoms with Crippen LogP contribution >= 0.6 is 0 Å². The van der Waals surface area contributed by atoms with E-state index in [1.165, 1.54) is 18.3 Å². The molecule has 1 heterocycles. The molecule has 8 heteroatoms. The third-order valence-corrected chi connectivity index (χ3v) is 2.89. The second kappa shape index (κ2) is 5.52. The highest BCUT2D eigenvalue weighted by atomic mass is 16.4. The Labute approximate surface area is 122 Å². The fourth-order valence-corrected chi connectivity index (χ4v) is 1.85. The second-order valence-corrected chi connectivity index (χ2v) is 4.35. The van der Waals surface area contributed by atoms with Gasteiger partial charge in [-0.25, -0.2) is 14.4 Å². The van der Waals surface area contributed by atoms with Gasteiger partial charge in [-0.1, -0.05) is 0 Å². The Morgan fingerprint density at radius 1 is 0.773 bits per heavy atom. The number of rotatable bonds is 4. The molecule has 1 aromatic heterocycles. The number of aromatic nitrogens is 1. The molecule has 0 unspecified atom stereocenters. The zero-order chi connectivity index (χ0) is 16.4. The predicted molar refractivity (Wildman–Crippen MR) is 73.4 cm³/mol. The van der Waals surface area contributed by atoms with Crippen molar-refractivity contribution in [1.29, 1.82) is 0 Å². The molecule has 0 saturated heterocycles. The van der Waals surface area contributed by atoms with E-state index < -0.39 is 29.0 Å². The Hall–Kier alpha value is -3.42. The highest BCUT2D eigenvalue weighted by Crippen LogP contribution is 2.22. The number of H-pyrrole nitrogens is 1. The summed E-state index contributed by atoms with van der Waals surface area (Å²) in [5.74, 6) is -4.10. The molecular weight excluding hydrogens is 294 g/mol. The largest absolute Gasteiger partial charge is 0.478 e. The van der Waals surface area contributed by atoms with Gasteiger partial charge in [0.05, 0.1) is 11.1 Å². The Morgan fingerprint density at radius 2 is 1.32 bits per heavy atom. The number of benzene rings is 1. The molecule has 0 fully saturated rings. The molecule has 0 radical (unpaired) electrons. The molecule has 2 rings (SSSR count). The Balaban J connectivity index is 2.69. The normalized spacial score (nSPS) is 10.2. The van der Waals surface area contributed by atoms with Crippen LogP contribution in [0.4, 0.5) is 0 Å². The van der Waals surface area contributed by atoms with Gasteiger partial charge < -0.3 is 20.3 Å². The van der Waals surface area contributed by atoms with Crippen LogP contribution in [-0.4, -0.2) is 38.2 Å². The number of carboxylic acids is 3. The van der Waals surface area contributed by atoms with Crippen LogP contribution in [0.2, 0.25) is 0 Å². The molecule has 0 atom stereocenters. The Morgan fingerprint density at radius 3 is 1.77 bits per heavy atom. The first kappa shape index (κ1) is 15.0. The standard InChI is InChI=1S/C14H9NO7/c16-11-10(14(21)22)4-9(5-15-11)6-1-7(12(17)18)3-8(2-6)13(19)20/h1-5H,(H,15,16)(H,17,18)(H,19,20)(H,21,22). The number of carbonyl (C=O) groups is 3. The van der Waals surface area contributed by atoms with Crippen molar-refractivity contribution in [2.75, 3.05) is 0 Å². The molecule has 1 aromatic carbocycles. The summed E-state index contributed by atoms with van der Waals surface area (Å²) in [6, 6.07) is 4.41. The Kier molecular flexibility index (Phi) is 3.76. The number of hydrogen-bond donors (Lipinski definition) is 4. The van der Waals surface area contributed by atoms with Crippen LogP contribution in [0.3, 0.4) is 0 Å². The molecular formula is C14H9NO7. The summed E-state index contributed by atoms with van der Waals surface area (Å²) < 4.78 is 0. The van der Waals surface area contributed by atoms with Crippen molar-refractivity contribution in [1.82, 2.24) is 4.98 Å². The lowest BCUT2D eigenvalue weighted by Gasteiger charge is -2.06. The van der Waals surface area contributed by atoms with Gasteiger partial charge in [0.25, 0.3) is 5.56 Å². The first-order chi connectivity index (χ1) is 10.3. The molecule has 0 aliphatic carbocycles. The highest BCUT2D eigenvalue weighted by Gasteiger charge is 2.15. The summed E-state index contributed by atoms with van der Waals surface area (Å²) in [4.78, 5) is 46.6. The maximum Gasteiger partial charge on any atom is 0.341 e. The van der Waals surface area contributed by atoms with E-state index in [9.17, 15) is 19.2 Å². The Bertz CT molecular complexity index is 818. The number of nitrogens with one attached hydrogen (secondary N) is 1. The number of hydrogen-bond acceptors (Lipinski definition) is 4. The van der Waals surface area contributed by atoms with Crippen molar-refractivity contribution in [3.05, 3.63) is 57.5 Å². The van der Waals surface area contributed by atoms with Gasteiger partial charge in [0.15, 0.2) is 0 Å². The highest BCUT2D eigenvalue weighted by molar-refractivity contribution is 5.96. The van der Waals surface area contributed by atoms with E-state index in [-0.39, 0.29) is 22.3 Å². The number of carboxylic acid groups (broad SMARTS) is 3. The van der Waals surface area contributed by atoms with E-state index in [0.29, 0.717) is 0 Å². The summed E-state index contributed by atoms with van der Waals surface area (Å²) >= 11 is 0. The van der Waals surface area contributed by atoms with Crippen molar-refractivity contribution in [3.63, 3.8) is 0 Å². The fourth-order valence-electron chi connectivity index (χ4n) is 1.85. The van der Waals surface area contributed by atoms with Gasteiger partial charge in [-0.3, -0.25) is 4.79 Å². The third kappa shape index (κ3) is 2.85. The van der Waals surface area contributed by atoms with Gasteiger partial charge in [-0.15, -0.1) is 0 Å². The van der Waals surface area contributed by atoms with E-state index in [2.05, 4.69) is 4.98 Å². The van der Waals surface area contributed by atoms with Crippen molar-refractivity contribution < 1.29 is 29.7 Å². The van der Waals surface area contributed by atoms with E-state index in [0.717, 1.165) is 12.1 Å². The molecule has 22 heavy (non-hydrogen) atoms. The molecule has 0 spiro atoms. The lowest BCUT2D eigenvalue weighted by Crippen LogP contribution is -2.16. The van der Waals surface area contributed by atoms with Gasteiger partial charge in [-0.2, -0.15) is 0 Å². The van der Waals surface area contributed by atoms with Crippen molar-refractivity contribution in [2.24, 2.45) is 0 Å². The van der Waals surface area contributed by atoms with Crippen LogP contribution in [0, 0.1) is 0 Å². The van der Waals surface area contributed by atoms with Gasteiger partial charge in [0.2, 0.25) is 0 Å². The molecule has 4 N–H and O–H groups in total. The van der Waals surface area contributed by atoms with Crippen molar-refractivity contribution in [3.8, 4) is 11.1 Å². The average Bonchev–Trinajstić information content (AvgIpc) is 2.46. The summed E-state index contributed by atoms with van der Waals surface area (Å²) in [7, 11) is 0. The van der Waals surface area contributed by atoms with E-state index >= 15 is 0 Å². The molecule has 0 amide bonds. The number of aromatic amines is 1. The molecule has 0 bridgehead atoms. The van der Waals surface area contributed by atoms with E-state index in [4.69, 9.17) is 15.3 Å². The topological polar surface area (TPSA) is 145 Å². The molecule has 0 aliphatic rings. The minimum absolute atomic E-state index is 0.163. The average molecular weight is 303 g/mol. The SMILES string of the molecule is O=C(O)c1cc(C(=O)O)cc(-c2c[nH]c(=O)c(C(=O)O)c2)c1. The van der Waals surface area contributed by atoms with Crippen molar-refractivity contribution in [2.45, 2.75) is 0 Å². The zero-order valence-corrected chi connectivity index (χ0v) is 10.9. The van der Waals surface area contributed by atoms with Gasteiger partial charge >= 0.3 is 17.9 Å². The van der Waals surface area contributed by atoms with Gasteiger partial charge in [-0.05, 0) is 35.4 Å². The summed E-state index contributed by atoms with van der Waals surface area (Å²) in [6.45, 7) is 0. The van der Waals surface area contributed by atoms with Crippen LogP contribution in [0.25, 0.3) is 11.1 Å². The van der Waals surface area contributed by atoms with Crippen molar-refractivity contribution >= 4 is 17.9 Å². The summed E-state index contributed by atoms with van der Waals surface area (Å²) in [5, 5.41) is 26.9. The number of pyridine rings is 1. The minimum Gasteiger partial charge on any atom is -0.478 e. The lowest BCUT2D eigenvalue weighted by molar-refractivity contribution is 0.0680. The first-order valence-corrected chi connectivity index (χ1v) is 5.87. The molecule has 0 aliphatic heterocycles. The molecule has 2 aromatic rings. The van der Waals surface area contributed by atoms with E-state index in [1.54, 1.807) is 0 Å². The molecule has 8 nitrogen and oxygen atoms in total. The summed E-state index contributed by atoms with van der Waals surface area (Å²) in [6.07, 6.45) is 1.18. The lowest BCUT2D eigenvalue weighted by atomic mass is 10.00. The maximum atomic E-state index is 11.4. The van der Waals surface area contributed by atoms with Gasteiger partial charge in [0, 0.05) is 6.20 Å². The first-order valence-electron chi connectivity index (χ1n) is 5.87. The maximum absolute atomic E-state index is 11.4. The smallest absolute Gasteiger partial charge is 0.341 e. The minimum atomic E-state index is -1.45. The fraction of sp³-hybridized carbons (Fsp3) is 0. The third-order valence-electron chi connectivity index (χ3n) is 2.89. The van der Waals surface area contributed by atoms with Crippen LogP contribution < -0.4 is 5.56 Å². The quantitative estimate of drug-likeness (QED) is 0.662. The monoisotopic (exact) mass is 303 g/mol. The van der Waals surface area contributed by atoms with Crippen LogP contribution in [0.15, 0.2) is 35.3 Å².